The SMILES string of the molecule is CC(C)(CCl)C(=O)N1CCn2cccc2C1c1ccc(F)cc1. The molecule has 23 heavy (non-hydrogen) atoms. The van der Waals surface area contributed by atoms with E-state index in [2.05, 4.69) is 4.57 Å². The average molecular weight is 335 g/mol. The molecule has 5 heteroatoms. The van der Waals surface area contributed by atoms with Crippen LogP contribution in [0.4, 0.5) is 4.39 Å². The van der Waals surface area contributed by atoms with Crippen molar-refractivity contribution >= 4 is 17.5 Å². The van der Waals surface area contributed by atoms with Gasteiger partial charge in [-0.05, 0) is 43.7 Å². The maximum absolute atomic E-state index is 13.3. The third-order valence-electron chi connectivity index (χ3n) is 4.40. The van der Waals surface area contributed by atoms with Crippen LogP contribution in [0.15, 0.2) is 42.6 Å². The zero-order valence-electron chi connectivity index (χ0n) is 13.3. The molecule has 1 atom stereocenters. The Labute approximate surface area is 140 Å². The van der Waals surface area contributed by atoms with Gasteiger partial charge in [0.15, 0.2) is 0 Å². The van der Waals surface area contributed by atoms with Crippen molar-refractivity contribution in [3.63, 3.8) is 0 Å². The molecule has 0 N–H and O–H groups in total. The molecule has 0 bridgehead atoms. The molecule has 0 spiro atoms. The van der Waals surface area contributed by atoms with Gasteiger partial charge in [0, 0.05) is 30.9 Å². The largest absolute Gasteiger partial charge is 0.348 e. The molecule has 0 saturated heterocycles. The molecule has 0 saturated carbocycles. The standard InChI is InChI=1S/C18H20ClFN2O/c1-18(2,12-19)17(23)22-11-10-21-9-3-4-15(21)16(22)13-5-7-14(20)8-6-13/h3-9,16H,10-12H2,1-2H3. The quantitative estimate of drug-likeness (QED) is 0.783. The third kappa shape index (κ3) is 2.88. The Morgan fingerprint density at radius 2 is 1.96 bits per heavy atom. The lowest BCUT2D eigenvalue weighted by atomic mass is 9.91. The topological polar surface area (TPSA) is 25.2 Å². The number of alkyl halides is 1. The van der Waals surface area contributed by atoms with Gasteiger partial charge in [0.25, 0.3) is 0 Å². The number of carbonyl (C=O) groups is 1. The maximum Gasteiger partial charge on any atom is 0.230 e. The molecule has 3 rings (SSSR count). The van der Waals surface area contributed by atoms with E-state index < -0.39 is 5.41 Å². The second kappa shape index (κ2) is 6.00. The van der Waals surface area contributed by atoms with Gasteiger partial charge in [0.2, 0.25) is 5.91 Å². The zero-order chi connectivity index (χ0) is 16.6. The van der Waals surface area contributed by atoms with Crippen LogP contribution in [0.1, 0.15) is 31.1 Å². The summed E-state index contributed by atoms with van der Waals surface area (Å²) < 4.78 is 15.4. The predicted octanol–water partition coefficient (Wildman–Crippen LogP) is 3.82. The van der Waals surface area contributed by atoms with Crippen molar-refractivity contribution in [2.45, 2.75) is 26.4 Å². The van der Waals surface area contributed by atoms with Crippen LogP contribution in [0, 0.1) is 11.2 Å². The van der Waals surface area contributed by atoms with Crippen molar-refractivity contribution in [1.29, 1.82) is 0 Å². The van der Waals surface area contributed by atoms with Gasteiger partial charge >= 0.3 is 0 Å². The highest BCUT2D eigenvalue weighted by molar-refractivity contribution is 6.19. The van der Waals surface area contributed by atoms with Crippen LogP contribution >= 0.6 is 11.6 Å². The van der Waals surface area contributed by atoms with Gasteiger partial charge in [-0.1, -0.05) is 12.1 Å². The van der Waals surface area contributed by atoms with Crippen molar-refractivity contribution in [2.75, 3.05) is 12.4 Å². The minimum absolute atomic E-state index is 0.0225. The first kappa shape index (κ1) is 16.1. The van der Waals surface area contributed by atoms with E-state index in [-0.39, 0.29) is 23.6 Å². The number of hydrogen-bond acceptors (Lipinski definition) is 1. The highest BCUT2D eigenvalue weighted by Crippen LogP contribution is 2.35. The summed E-state index contributed by atoms with van der Waals surface area (Å²) in [6, 6.07) is 10.1. The Morgan fingerprint density at radius 1 is 1.26 bits per heavy atom. The van der Waals surface area contributed by atoms with Gasteiger partial charge in [-0.3, -0.25) is 4.79 Å². The molecule has 0 radical (unpaired) electrons. The molecule has 0 aliphatic carbocycles. The second-order valence-electron chi connectivity index (χ2n) is 6.60. The molecule has 1 aliphatic rings. The van der Waals surface area contributed by atoms with Crippen LogP contribution in [0.3, 0.4) is 0 Å². The fourth-order valence-corrected chi connectivity index (χ4v) is 3.16. The van der Waals surface area contributed by atoms with E-state index >= 15 is 0 Å². The number of halogens is 2. The van der Waals surface area contributed by atoms with Crippen LogP contribution < -0.4 is 0 Å². The number of fused-ring (bicyclic) bond motifs is 1. The average Bonchev–Trinajstić information content (AvgIpc) is 3.02. The van der Waals surface area contributed by atoms with E-state index in [4.69, 9.17) is 11.6 Å². The summed E-state index contributed by atoms with van der Waals surface area (Å²) in [4.78, 5) is 14.9. The summed E-state index contributed by atoms with van der Waals surface area (Å²) >= 11 is 6.00. The molecule has 3 nitrogen and oxygen atoms in total. The first-order valence-corrected chi connectivity index (χ1v) is 8.25. The van der Waals surface area contributed by atoms with Gasteiger partial charge in [0.05, 0.1) is 11.5 Å². The van der Waals surface area contributed by atoms with Crippen LogP contribution in [0.5, 0.6) is 0 Å². The van der Waals surface area contributed by atoms with E-state index in [0.29, 0.717) is 6.54 Å². The van der Waals surface area contributed by atoms with Gasteiger partial charge in [-0.25, -0.2) is 4.39 Å². The summed E-state index contributed by atoms with van der Waals surface area (Å²) in [5.41, 5.74) is 1.32. The summed E-state index contributed by atoms with van der Waals surface area (Å²) in [7, 11) is 0. The molecule has 1 aromatic carbocycles. The molecule has 1 aliphatic heterocycles. The molecular formula is C18H20ClFN2O. The molecule has 2 heterocycles. The Balaban J connectivity index is 2.05. The fourth-order valence-electron chi connectivity index (χ4n) is 3.04. The summed E-state index contributed by atoms with van der Waals surface area (Å²) in [5, 5.41) is 0. The van der Waals surface area contributed by atoms with Crippen LogP contribution in [0.25, 0.3) is 0 Å². The first-order chi connectivity index (χ1) is 10.9. The fraction of sp³-hybridized carbons (Fsp3) is 0.389. The lowest BCUT2D eigenvalue weighted by Gasteiger charge is -2.40. The number of carbonyl (C=O) groups excluding carboxylic acids is 1. The van der Waals surface area contributed by atoms with Crippen molar-refractivity contribution in [2.24, 2.45) is 5.41 Å². The lowest BCUT2D eigenvalue weighted by molar-refractivity contribution is -0.142. The van der Waals surface area contributed by atoms with E-state index in [1.807, 2.05) is 37.1 Å². The number of hydrogen-bond donors (Lipinski definition) is 0. The van der Waals surface area contributed by atoms with Crippen molar-refractivity contribution < 1.29 is 9.18 Å². The van der Waals surface area contributed by atoms with E-state index in [0.717, 1.165) is 17.8 Å². The number of amides is 1. The first-order valence-electron chi connectivity index (χ1n) is 7.71. The van der Waals surface area contributed by atoms with Crippen molar-refractivity contribution in [3.05, 3.63) is 59.7 Å². The Morgan fingerprint density at radius 3 is 2.61 bits per heavy atom. The molecule has 122 valence electrons. The molecule has 1 aromatic heterocycles. The Hall–Kier alpha value is -1.81. The molecular weight excluding hydrogens is 315 g/mol. The minimum atomic E-state index is -0.630. The molecule has 2 aromatic rings. The smallest absolute Gasteiger partial charge is 0.230 e. The minimum Gasteiger partial charge on any atom is -0.348 e. The second-order valence-corrected chi connectivity index (χ2v) is 6.86. The van der Waals surface area contributed by atoms with Crippen LogP contribution in [-0.4, -0.2) is 27.8 Å². The monoisotopic (exact) mass is 334 g/mol. The van der Waals surface area contributed by atoms with Crippen LogP contribution in [-0.2, 0) is 11.3 Å². The van der Waals surface area contributed by atoms with Gasteiger partial charge in [0.1, 0.15) is 5.82 Å². The third-order valence-corrected chi connectivity index (χ3v) is 5.07. The molecule has 1 amide bonds. The molecule has 1 unspecified atom stereocenters. The van der Waals surface area contributed by atoms with Gasteiger partial charge in [-0.2, -0.15) is 0 Å². The number of nitrogens with zero attached hydrogens (tertiary/aromatic N) is 2. The van der Waals surface area contributed by atoms with E-state index in [9.17, 15) is 9.18 Å². The Bertz CT molecular complexity index is 708. The van der Waals surface area contributed by atoms with Crippen molar-refractivity contribution in [1.82, 2.24) is 9.47 Å². The molecule has 0 fully saturated rings. The van der Waals surface area contributed by atoms with Crippen molar-refractivity contribution in [3.8, 4) is 0 Å². The highest BCUT2D eigenvalue weighted by Gasteiger charge is 2.38. The number of rotatable bonds is 3. The Kier molecular flexibility index (Phi) is 4.19. The number of aromatic nitrogens is 1. The van der Waals surface area contributed by atoms with E-state index in [1.54, 1.807) is 12.1 Å². The summed E-state index contributed by atoms with van der Waals surface area (Å²) in [6.07, 6.45) is 2.01. The summed E-state index contributed by atoms with van der Waals surface area (Å²) in [5.74, 6) is 0.00706. The van der Waals surface area contributed by atoms with Gasteiger partial charge < -0.3 is 9.47 Å². The maximum atomic E-state index is 13.3. The predicted molar refractivity (Wildman–Crippen MR) is 88.9 cm³/mol. The normalized spacial score (nSPS) is 17.9. The highest BCUT2D eigenvalue weighted by atomic mass is 35.5. The van der Waals surface area contributed by atoms with E-state index in [1.165, 1.54) is 12.1 Å². The van der Waals surface area contributed by atoms with Crippen LogP contribution in [0.2, 0.25) is 0 Å². The van der Waals surface area contributed by atoms with Gasteiger partial charge in [-0.15, -0.1) is 11.6 Å². The zero-order valence-corrected chi connectivity index (χ0v) is 14.1. The summed E-state index contributed by atoms with van der Waals surface area (Å²) in [6.45, 7) is 5.09. The lowest BCUT2D eigenvalue weighted by Crippen LogP contribution is -2.48. The number of benzene rings is 1.